The van der Waals surface area contributed by atoms with E-state index in [0.717, 1.165) is 45.4 Å². The van der Waals surface area contributed by atoms with Crippen LogP contribution < -0.4 is 5.32 Å². The molecular weight excluding hydrogens is 312 g/mol. The first-order valence-electron chi connectivity index (χ1n) is 9.97. The van der Waals surface area contributed by atoms with E-state index in [0.29, 0.717) is 18.1 Å². The van der Waals surface area contributed by atoms with E-state index in [-0.39, 0.29) is 6.10 Å². The van der Waals surface area contributed by atoms with Crippen molar-refractivity contribution in [3.05, 3.63) is 35.9 Å². The zero-order valence-corrected chi connectivity index (χ0v) is 15.6. The average molecular weight is 347 g/mol. The molecule has 3 atom stereocenters. The quantitative estimate of drug-likeness (QED) is 0.797. The molecule has 1 saturated heterocycles. The van der Waals surface area contributed by atoms with Crippen LogP contribution in [-0.2, 0) is 11.2 Å². The summed E-state index contributed by atoms with van der Waals surface area (Å²) < 4.78 is 5.44. The number of hydrogen-bond donors (Lipinski definition) is 2. The van der Waals surface area contributed by atoms with E-state index in [4.69, 9.17) is 4.74 Å². The van der Waals surface area contributed by atoms with Crippen molar-refractivity contribution >= 4 is 0 Å². The second-order valence-corrected chi connectivity index (χ2v) is 7.74. The van der Waals surface area contributed by atoms with Crippen LogP contribution in [0.4, 0.5) is 0 Å². The first-order valence-corrected chi connectivity index (χ1v) is 9.97. The molecule has 1 aliphatic heterocycles. The van der Waals surface area contributed by atoms with E-state index in [1.54, 1.807) is 7.11 Å². The van der Waals surface area contributed by atoms with Crippen LogP contribution in [0, 0.1) is 0 Å². The SMILES string of the molecule is COCC(Cc1ccccc1)NC1CCN(C2CCCCC2O)CC1. The van der Waals surface area contributed by atoms with E-state index in [9.17, 15) is 5.11 Å². The molecule has 1 saturated carbocycles. The number of nitrogens with zero attached hydrogens (tertiary/aromatic N) is 1. The van der Waals surface area contributed by atoms with Gasteiger partial charge in [-0.05, 0) is 37.7 Å². The molecule has 1 aliphatic carbocycles. The van der Waals surface area contributed by atoms with E-state index < -0.39 is 0 Å². The summed E-state index contributed by atoms with van der Waals surface area (Å²) in [4.78, 5) is 2.53. The summed E-state index contributed by atoms with van der Waals surface area (Å²) in [6.45, 7) is 2.95. The Hall–Kier alpha value is -0.940. The monoisotopic (exact) mass is 346 g/mol. The van der Waals surface area contributed by atoms with Crippen molar-refractivity contribution in [2.45, 2.75) is 69.2 Å². The van der Waals surface area contributed by atoms with Crippen LogP contribution in [0.2, 0.25) is 0 Å². The van der Waals surface area contributed by atoms with Crippen molar-refractivity contribution in [2.24, 2.45) is 0 Å². The Kier molecular flexibility index (Phi) is 7.29. The Bertz CT molecular complexity index is 488. The van der Waals surface area contributed by atoms with Gasteiger partial charge in [0, 0.05) is 38.3 Å². The number of methoxy groups -OCH3 is 1. The van der Waals surface area contributed by atoms with Gasteiger partial charge in [0.1, 0.15) is 0 Å². The highest BCUT2D eigenvalue weighted by Gasteiger charge is 2.31. The van der Waals surface area contributed by atoms with Crippen LogP contribution in [-0.4, -0.2) is 61.0 Å². The molecule has 4 heteroatoms. The fourth-order valence-electron chi connectivity index (χ4n) is 4.51. The fraction of sp³-hybridized carbons (Fsp3) is 0.714. The molecule has 4 nitrogen and oxygen atoms in total. The van der Waals surface area contributed by atoms with E-state index in [1.165, 1.54) is 24.8 Å². The molecule has 1 aromatic carbocycles. The number of hydrogen-bond acceptors (Lipinski definition) is 4. The van der Waals surface area contributed by atoms with Crippen LogP contribution in [0.3, 0.4) is 0 Å². The third-order valence-electron chi connectivity index (χ3n) is 5.86. The lowest BCUT2D eigenvalue weighted by molar-refractivity contribution is 0.00593. The van der Waals surface area contributed by atoms with Crippen LogP contribution in [0.25, 0.3) is 0 Å². The third kappa shape index (κ3) is 5.52. The summed E-state index contributed by atoms with van der Waals surface area (Å²) in [7, 11) is 1.78. The van der Waals surface area contributed by atoms with Crippen molar-refractivity contribution in [1.29, 1.82) is 0 Å². The van der Waals surface area contributed by atoms with Crippen molar-refractivity contribution < 1.29 is 9.84 Å². The number of aliphatic hydroxyl groups is 1. The summed E-state index contributed by atoms with van der Waals surface area (Å²) in [5.74, 6) is 0. The molecule has 1 aromatic rings. The highest BCUT2D eigenvalue weighted by molar-refractivity contribution is 5.16. The van der Waals surface area contributed by atoms with Crippen LogP contribution >= 0.6 is 0 Å². The molecule has 2 fully saturated rings. The maximum atomic E-state index is 10.3. The van der Waals surface area contributed by atoms with Gasteiger partial charge in [-0.25, -0.2) is 0 Å². The number of rotatable bonds is 7. The van der Waals surface area contributed by atoms with Gasteiger partial charge in [-0.2, -0.15) is 0 Å². The summed E-state index contributed by atoms with van der Waals surface area (Å²) in [5, 5.41) is 14.1. The smallest absolute Gasteiger partial charge is 0.0695 e. The second kappa shape index (κ2) is 9.67. The number of benzene rings is 1. The number of aliphatic hydroxyl groups excluding tert-OH is 1. The normalized spacial score (nSPS) is 27.3. The zero-order valence-electron chi connectivity index (χ0n) is 15.6. The number of piperidine rings is 1. The van der Waals surface area contributed by atoms with Gasteiger partial charge in [0.25, 0.3) is 0 Å². The van der Waals surface area contributed by atoms with Crippen molar-refractivity contribution in [3.63, 3.8) is 0 Å². The third-order valence-corrected chi connectivity index (χ3v) is 5.86. The molecule has 0 aromatic heterocycles. The van der Waals surface area contributed by atoms with Gasteiger partial charge in [-0.1, -0.05) is 43.2 Å². The van der Waals surface area contributed by atoms with Gasteiger partial charge in [0.05, 0.1) is 12.7 Å². The highest BCUT2D eigenvalue weighted by atomic mass is 16.5. The minimum Gasteiger partial charge on any atom is -0.391 e. The Labute approximate surface area is 152 Å². The molecule has 0 amide bonds. The molecule has 0 spiro atoms. The van der Waals surface area contributed by atoms with E-state index in [1.807, 2.05) is 0 Å². The predicted octanol–water partition coefficient (Wildman–Crippen LogP) is 2.60. The molecular formula is C21H34N2O2. The topological polar surface area (TPSA) is 44.7 Å². The Balaban J connectivity index is 1.47. The Morgan fingerprint density at radius 2 is 1.84 bits per heavy atom. The summed E-state index contributed by atoms with van der Waals surface area (Å²) in [6, 6.07) is 12.0. The number of ether oxygens (including phenoxy) is 1. The molecule has 0 bridgehead atoms. The minimum absolute atomic E-state index is 0.113. The highest BCUT2D eigenvalue weighted by Crippen LogP contribution is 2.26. The molecule has 2 N–H and O–H groups in total. The maximum absolute atomic E-state index is 10.3. The molecule has 25 heavy (non-hydrogen) atoms. The molecule has 2 aliphatic rings. The minimum atomic E-state index is -0.113. The van der Waals surface area contributed by atoms with Gasteiger partial charge in [-0.15, -0.1) is 0 Å². The lowest BCUT2D eigenvalue weighted by Gasteiger charge is -2.42. The summed E-state index contributed by atoms with van der Waals surface area (Å²) in [6.07, 6.45) is 7.83. The first-order chi connectivity index (χ1) is 12.3. The first kappa shape index (κ1) is 18.8. The fourth-order valence-corrected chi connectivity index (χ4v) is 4.51. The molecule has 1 heterocycles. The van der Waals surface area contributed by atoms with Gasteiger partial charge < -0.3 is 15.2 Å². The average Bonchev–Trinajstić information content (AvgIpc) is 2.64. The largest absolute Gasteiger partial charge is 0.391 e. The van der Waals surface area contributed by atoms with E-state index in [2.05, 4.69) is 40.5 Å². The molecule has 3 rings (SSSR count). The number of nitrogens with one attached hydrogen (secondary N) is 1. The number of likely N-dealkylation sites (tertiary alicyclic amines) is 1. The van der Waals surface area contributed by atoms with Crippen molar-refractivity contribution in [3.8, 4) is 0 Å². The molecule has 3 unspecified atom stereocenters. The standard InChI is InChI=1S/C21H34N2O2/c1-25-16-19(15-17-7-3-2-4-8-17)22-18-11-13-23(14-12-18)20-9-5-6-10-21(20)24/h2-4,7-8,18-22,24H,5-6,9-16H2,1H3. The van der Waals surface area contributed by atoms with E-state index >= 15 is 0 Å². The summed E-state index contributed by atoms with van der Waals surface area (Å²) >= 11 is 0. The second-order valence-electron chi connectivity index (χ2n) is 7.74. The van der Waals surface area contributed by atoms with Crippen LogP contribution in [0.15, 0.2) is 30.3 Å². The van der Waals surface area contributed by atoms with Crippen molar-refractivity contribution in [1.82, 2.24) is 10.2 Å². The van der Waals surface area contributed by atoms with Gasteiger partial charge in [0.2, 0.25) is 0 Å². The van der Waals surface area contributed by atoms with Gasteiger partial charge in [-0.3, -0.25) is 4.90 Å². The van der Waals surface area contributed by atoms with Crippen LogP contribution in [0.5, 0.6) is 0 Å². The lowest BCUT2D eigenvalue weighted by Crippen LogP contribution is -2.53. The van der Waals surface area contributed by atoms with Crippen LogP contribution in [0.1, 0.15) is 44.1 Å². The van der Waals surface area contributed by atoms with Crippen molar-refractivity contribution in [2.75, 3.05) is 26.8 Å². The maximum Gasteiger partial charge on any atom is 0.0695 e. The molecule has 0 radical (unpaired) electrons. The lowest BCUT2D eigenvalue weighted by atomic mass is 9.89. The Morgan fingerprint density at radius 3 is 2.52 bits per heavy atom. The Morgan fingerprint density at radius 1 is 1.12 bits per heavy atom. The predicted molar refractivity (Wildman–Crippen MR) is 102 cm³/mol. The molecule has 140 valence electrons. The summed E-state index contributed by atoms with van der Waals surface area (Å²) in [5.41, 5.74) is 1.36. The van der Waals surface area contributed by atoms with Gasteiger partial charge in [0.15, 0.2) is 0 Å². The zero-order chi connectivity index (χ0) is 17.5. The van der Waals surface area contributed by atoms with Gasteiger partial charge >= 0.3 is 0 Å².